The number of ether oxygens (including phenoxy) is 1. The number of carbonyl (C=O) groups excluding carboxylic acids is 1. The van der Waals surface area contributed by atoms with Crippen LogP contribution in [0.5, 0.6) is 0 Å². The third-order valence-corrected chi connectivity index (χ3v) is 4.02. The van der Waals surface area contributed by atoms with Crippen LogP contribution >= 0.6 is 0 Å². The lowest BCUT2D eigenvalue weighted by Crippen LogP contribution is -2.48. The molecule has 0 spiro atoms. The van der Waals surface area contributed by atoms with E-state index >= 15 is 0 Å². The van der Waals surface area contributed by atoms with E-state index in [1.54, 1.807) is 21.8 Å². The Balaban J connectivity index is 1.92. The summed E-state index contributed by atoms with van der Waals surface area (Å²) in [5.41, 5.74) is 1.05. The second-order valence-corrected chi connectivity index (χ2v) is 6.02. The summed E-state index contributed by atoms with van der Waals surface area (Å²) >= 11 is 0. The van der Waals surface area contributed by atoms with Gasteiger partial charge in [0.05, 0.1) is 29.7 Å². The van der Waals surface area contributed by atoms with Crippen LogP contribution in [-0.2, 0) is 11.2 Å². The van der Waals surface area contributed by atoms with Crippen molar-refractivity contribution in [1.82, 2.24) is 24.9 Å². The van der Waals surface area contributed by atoms with Crippen molar-refractivity contribution in [2.45, 2.75) is 39.4 Å². The molecule has 2 atom stereocenters. The highest BCUT2D eigenvalue weighted by atomic mass is 16.5. The van der Waals surface area contributed by atoms with Gasteiger partial charge >= 0.3 is 0 Å². The molecular formula is C16H21N5O3. The smallest absolute Gasteiger partial charge is 0.264 e. The van der Waals surface area contributed by atoms with Crippen molar-refractivity contribution in [3.05, 3.63) is 39.9 Å². The first kappa shape index (κ1) is 16.4. The van der Waals surface area contributed by atoms with E-state index in [-0.39, 0.29) is 23.7 Å². The zero-order valence-electron chi connectivity index (χ0n) is 14.0. The zero-order valence-corrected chi connectivity index (χ0v) is 14.0. The fourth-order valence-electron chi connectivity index (χ4n) is 3.06. The molecule has 2 aromatic heterocycles. The highest BCUT2D eigenvalue weighted by Gasteiger charge is 2.29. The minimum Gasteiger partial charge on any atom is -0.372 e. The molecule has 1 fully saturated rings. The Kier molecular flexibility index (Phi) is 4.48. The van der Waals surface area contributed by atoms with Crippen LogP contribution in [0.4, 0.5) is 0 Å². The third kappa shape index (κ3) is 3.09. The number of aromatic amines is 1. The second-order valence-electron chi connectivity index (χ2n) is 6.02. The van der Waals surface area contributed by atoms with Crippen LogP contribution in [0.15, 0.2) is 23.1 Å². The maximum Gasteiger partial charge on any atom is 0.264 e. The topological polar surface area (TPSA) is 93.1 Å². The monoisotopic (exact) mass is 331 g/mol. The number of morpholine rings is 1. The van der Waals surface area contributed by atoms with Crippen molar-refractivity contribution in [2.75, 3.05) is 13.1 Å². The Hall–Kier alpha value is -2.48. The van der Waals surface area contributed by atoms with Gasteiger partial charge in [0.2, 0.25) is 0 Å². The highest BCUT2D eigenvalue weighted by molar-refractivity contribution is 5.95. The maximum atomic E-state index is 12.9. The highest BCUT2D eigenvalue weighted by Crippen LogP contribution is 2.19. The summed E-state index contributed by atoms with van der Waals surface area (Å²) in [5.74, 6) is 0.429. The van der Waals surface area contributed by atoms with Crippen molar-refractivity contribution in [2.24, 2.45) is 0 Å². The van der Waals surface area contributed by atoms with Gasteiger partial charge in [-0.1, -0.05) is 6.92 Å². The van der Waals surface area contributed by atoms with Crippen LogP contribution in [0, 0.1) is 0 Å². The van der Waals surface area contributed by atoms with Crippen LogP contribution in [0.25, 0.3) is 5.82 Å². The van der Waals surface area contributed by atoms with Crippen molar-refractivity contribution in [1.29, 1.82) is 0 Å². The van der Waals surface area contributed by atoms with Gasteiger partial charge in [-0.15, -0.1) is 0 Å². The van der Waals surface area contributed by atoms with E-state index in [9.17, 15) is 9.59 Å². The minimum atomic E-state index is -0.281. The number of amides is 1. The van der Waals surface area contributed by atoms with Crippen molar-refractivity contribution < 1.29 is 9.53 Å². The lowest BCUT2D eigenvalue weighted by molar-refractivity contribution is -0.0586. The number of hydrogen-bond acceptors (Lipinski definition) is 5. The maximum absolute atomic E-state index is 12.9. The lowest BCUT2D eigenvalue weighted by atomic mass is 10.1. The number of rotatable bonds is 3. The summed E-state index contributed by atoms with van der Waals surface area (Å²) in [6.07, 6.45) is 2.22. The van der Waals surface area contributed by atoms with Gasteiger partial charge in [0, 0.05) is 19.2 Å². The number of hydrogen-bond donors (Lipinski definition) is 1. The molecule has 1 N–H and O–H groups in total. The first-order chi connectivity index (χ1) is 11.5. The molecule has 128 valence electrons. The fraction of sp³-hybridized carbons (Fsp3) is 0.500. The van der Waals surface area contributed by atoms with E-state index in [0.29, 0.717) is 30.9 Å². The van der Waals surface area contributed by atoms with E-state index in [4.69, 9.17) is 4.74 Å². The van der Waals surface area contributed by atoms with Gasteiger partial charge in [0.15, 0.2) is 5.82 Å². The molecule has 0 aromatic carbocycles. The molecule has 0 bridgehead atoms. The Bertz CT molecular complexity index is 767. The van der Waals surface area contributed by atoms with Gasteiger partial charge < -0.3 is 9.64 Å². The number of nitrogens with one attached hydrogen (secondary N) is 1. The molecule has 0 radical (unpaired) electrons. The van der Waals surface area contributed by atoms with Crippen LogP contribution in [0.1, 0.15) is 36.8 Å². The summed E-state index contributed by atoms with van der Waals surface area (Å²) in [7, 11) is 0. The second kappa shape index (κ2) is 6.56. The third-order valence-electron chi connectivity index (χ3n) is 4.02. The van der Waals surface area contributed by atoms with E-state index in [0.717, 1.165) is 5.69 Å². The van der Waals surface area contributed by atoms with E-state index in [2.05, 4.69) is 15.3 Å². The van der Waals surface area contributed by atoms with Crippen LogP contribution < -0.4 is 5.56 Å². The van der Waals surface area contributed by atoms with Gasteiger partial charge in [-0.25, -0.2) is 9.78 Å². The first-order valence-corrected chi connectivity index (χ1v) is 8.07. The van der Waals surface area contributed by atoms with Gasteiger partial charge in [0.25, 0.3) is 11.5 Å². The average Bonchev–Trinajstić information content (AvgIpc) is 2.97. The number of aromatic nitrogens is 4. The van der Waals surface area contributed by atoms with Gasteiger partial charge in [-0.2, -0.15) is 10.2 Å². The molecule has 1 amide bonds. The van der Waals surface area contributed by atoms with E-state index in [1.807, 2.05) is 20.8 Å². The molecule has 1 aliphatic heterocycles. The van der Waals surface area contributed by atoms with Crippen LogP contribution in [0.3, 0.4) is 0 Å². The predicted octanol–water partition coefficient (Wildman–Crippen LogP) is 0.767. The molecule has 8 nitrogen and oxygen atoms in total. The molecule has 3 rings (SSSR count). The van der Waals surface area contributed by atoms with Crippen molar-refractivity contribution in [3.63, 3.8) is 0 Å². The molecule has 8 heteroatoms. The van der Waals surface area contributed by atoms with Gasteiger partial charge in [0.1, 0.15) is 0 Å². The first-order valence-electron chi connectivity index (χ1n) is 8.07. The molecule has 1 aliphatic rings. The number of H-pyrrole nitrogens is 1. The lowest BCUT2D eigenvalue weighted by Gasteiger charge is -2.35. The Morgan fingerprint density at radius 3 is 2.62 bits per heavy atom. The van der Waals surface area contributed by atoms with E-state index < -0.39 is 0 Å². The molecule has 2 aromatic rings. The van der Waals surface area contributed by atoms with Crippen LogP contribution in [-0.4, -0.2) is 56.1 Å². The summed E-state index contributed by atoms with van der Waals surface area (Å²) < 4.78 is 7.28. The van der Waals surface area contributed by atoms with Crippen LogP contribution in [0.2, 0.25) is 0 Å². The minimum absolute atomic E-state index is 0.0127. The quantitative estimate of drug-likeness (QED) is 0.896. The Morgan fingerprint density at radius 2 is 2.04 bits per heavy atom. The Morgan fingerprint density at radius 1 is 1.33 bits per heavy atom. The fourth-order valence-corrected chi connectivity index (χ4v) is 3.06. The SMILES string of the molecule is CCc1c(C(=O)N2C[C@@H](C)O[C@@H](C)C2)cnn1-c1ccc(=O)[nH]n1. The summed E-state index contributed by atoms with van der Waals surface area (Å²) in [6, 6.07) is 2.97. The molecular weight excluding hydrogens is 310 g/mol. The number of nitrogens with zero attached hydrogens (tertiary/aromatic N) is 4. The molecule has 1 saturated heterocycles. The summed E-state index contributed by atoms with van der Waals surface area (Å²) in [5, 5.41) is 10.7. The van der Waals surface area contributed by atoms with Crippen molar-refractivity contribution >= 4 is 5.91 Å². The standard InChI is InChI=1S/C16H21N5O3/c1-4-13-12(16(23)20-8-10(2)24-11(3)9-20)7-17-21(13)14-5-6-15(22)19-18-14/h5-7,10-11H,4,8-9H2,1-3H3,(H,19,22)/t10-,11+. The van der Waals surface area contributed by atoms with Gasteiger partial charge in [-0.05, 0) is 26.3 Å². The molecule has 0 saturated carbocycles. The number of carbonyl (C=O) groups is 1. The Labute approximate surface area is 139 Å². The molecule has 24 heavy (non-hydrogen) atoms. The summed E-state index contributed by atoms with van der Waals surface area (Å²) in [6.45, 7) is 7.01. The van der Waals surface area contributed by atoms with E-state index in [1.165, 1.54) is 6.07 Å². The largest absolute Gasteiger partial charge is 0.372 e. The molecule has 0 aliphatic carbocycles. The van der Waals surface area contributed by atoms with Gasteiger partial charge in [-0.3, -0.25) is 9.59 Å². The summed E-state index contributed by atoms with van der Waals surface area (Å²) in [4.78, 5) is 25.9. The zero-order chi connectivity index (χ0) is 17.3. The van der Waals surface area contributed by atoms with Crippen molar-refractivity contribution in [3.8, 4) is 5.82 Å². The molecule has 0 unspecified atom stereocenters. The predicted molar refractivity (Wildman–Crippen MR) is 87.3 cm³/mol. The molecule has 3 heterocycles. The normalized spacial score (nSPS) is 21.0. The average molecular weight is 331 g/mol.